The highest BCUT2D eigenvalue weighted by molar-refractivity contribution is 7.89. The van der Waals surface area contributed by atoms with E-state index in [-0.39, 0.29) is 35.9 Å². The first kappa shape index (κ1) is 20.5. The minimum atomic E-state index is -3.74. The lowest BCUT2D eigenvalue weighted by molar-refractivity contribution is -0.122. The SMILES string of the molecule is COc1ccc(S(=O)(=O)NCCC(=O)NC2CCCNC2C)cc1OC. The lowest BCUT2D eigenvalue weighted by Gasteiger charge is -2.30. The minimum Gasteiger partial charge on any atom is -0.493 e. The fourth-order valence-corrected chi connectivity index (χ4v) is 3.93. The van der Waals surface area contributed by atoms with Crippen LogP contribution >= 0.6 is 0 Å². The van der Waals surface area contributed by atoms with Crippen molar-refractivity contribution in [3.8, 4) is 11.5 Å². The van der Waals surface area contributed by atoms with Gasteiger partial charge in [0.05, 0.1) is 19.1 Å². The largest absolute Gasteiger partial charge is 0.493 e. The summed E-state index contributed by atoms with van der Waals surface area (Å²) < 4.78 is 37.4. The third-order valence-corrected chi connectivity index (χ3v) is 5.88. The van der Waals surface area contributed by atoms with Gasteiger partial charge >= 0.3 is 0 Å². The highest BCUT2D eigenvalue weighted by atomic mass is 32.2. The van der Waals surface area contributed by atoms with E-state index in [2.05, 4.69) is 15.4 Å². The quantitative estimate of drug-likeness (QED) is 0.606. The van der Waals surface area contributed by atoms with Gasteiger partial charge in [-0.1, -0.05) is 0 Å². The first-order chi connectivity index (χ1) is 12.4. The molecule has 0 saturated carbocycles. The van der Waals surface area contributed by atoms with Crippen LogP contribution in [0.4, 0.5) is 0 Å². The molecule has 2 unspecified atom stereocenters. The van der Waals surface area contributed by atoms with E-state index >= 15 is 0 Å². The summed E-state index contributed by atoms with van der Waals surface area (Å²) in [4.78, 5) is 12.1. The Morgan fingerprint density at radius 2 is 2.00 bits per heavy atom. The Hall–Kier alpha value is -1.84. The monoisotopic (exact) mass is 385 g/mol. The molecule has 8 nitrogen and oxygen atoms in total. The molecule has 9 heteroatoms. The Morgan fingerprint density at radius 3 is 2.65 bits per heavy atom. The maximum atomic E-state index is 12.4. The molecular weight excluding hydrogens is 358 g/mol. The van der Waals surface area contributed by atoms with Crippen LogP contribution in [0.1, 0.15) is 26.2 Å². The van der Waals surface area contributed by atoms with E-state index in [4.69, 9.17) is 9.47 Å². The predicted molar refractivity (Wildman–Crippen MR) is 98.0 cm³/mol. The van der Waals surface area contributed by atoms with Crippen molar-refractivity contribution >= 4 is 15.9 Å². The van der Waals surface area contributed by atoms with Gasteiger partial charge in [-0.05, 0) is 38.4 Å². The number of piperidine rings is 1. The summed E-state index contributed by atoms with van der Waals surface area (Å²) in [6.07, 6.45) is 2.02. The molecule has 0 spiro atoms. The highest BCUT2D eigenvalue weighted by Crippen LogP contribution is 2.29. The molecule has 1 amide bonds. The third-order valence-electron chi connectivity index (χ3n) is 4.42. The number of hydrogen-bond donors (Lipinski definition) is 3. The van der Waals surface area contributed by atoms with Crippen molar-refractivity contribution in [1.29, 1.82) is 0 Å². The van der Waals surface area contributed by atoms with Crippen LogP contribution in [0.2, 0.25) is 0 Å². The van der Waals surface area contributed by atoms with Crippen LogP contribution < -0.4 is 24.8 Å². The van der Waals surface area contributed by atoms with Crippen molar-refractivity contribution in [2.75, 3.05) is 27.3 Å². The maximum absolute atomic E-state index is 12.4. The smallest absolute Gasteiger partial charge is 0.240 e. The summed E-state index contributed by atoms with van der Waals surface area (Å²) >= 11 is 0. The summed E-state index contributed by atoms with van der Waals surface area (Å²) in [6.45, 7) is 3.01. The van der Waals surface area contributed by atoms with E-state index < -0.39 is 10.0 Å². The number of rotatable bonds is 8. The van der Waals surface area contributed by atoms with Gasteiger partial charge in [-0.3, -0.25) is 4.79 Å². The van der Waals surface area contributed by atoms with Crippen LogP contribution in [0.5, 0.6) is 11.5 Å². The first-order valence-electron chi connectivity index (χ1n) is 8.62. The van der Waals surface area contributed by atoms with E-state index in [0.717, 1.165) is 19.4 Å². The Bertz CT molecular complexity index is 723. The third kappa shape index (κ3) is 5.33. The standard InChI is InChI=1S/C17H27N3O5S/c1-12-14(5-4-9-18-12)20-17(21)8-10-19-26(22,23)13-6-7-15(24-2)16(11-13)25-3/h6-7,11-12,14,18-19H,4-5,8-10H2,1-3H3,(H,20,21). The molecule has 0 aliphatic carbocycles. The molecule has 0 bridgehead atoms. The number of ether oxygens (including phenoxy) is 2. The number of carbonyl (C=O) groups is 1. The van der Waals surface area contributed by atoms with E-state index in [0.29, 0.717) is 11.5 Å². The maximum Gasteiger partial charge on any atom is 0.240 e. The van der Waals surface area contributed by atoms with Gasteiger partial charge in [-0.2, -0.15) is 0 Å². The van der Waals surface area contributed by atoms with E-state index in [1.807, 2.05) is 6.92 Å². The predicted octanol–water partition coefficient (Wildman–Crippen LogP) is 0.629. The number of carbonyl (C=O) groups excluding carboxylic acids is 1. The van der Waals surface area contributed by atoms with Gasteiger partial charge in [0.15, 0.2) is 11.5 Å². The highest BCUT2D eigenvalue weighted by Gasteiger charge is 2.22. The summed E-state index contributed by atoms with van der Waals surface area (Å²) in [7, 11) is -0.820. The second-order valence-corrected chi connectivity index (χ2v) is 7.99. The molecule has 0 radical (unpaired) electrons. The molecule has 2 rings (SSSR count). The van der Waals surface area contributed by atoms with Crippen LogP contribution in [0.15, 0.2) is 23.1 Å². The van der Waals surface area contributed by atoms with Gasteiger partial charge in [-0.25, -0.2) is 13.1 Å². The summed E-state index contributed by atoms with van der Waals surface area (Å²) in [5.41, 5.74) is 0. The van der Waals surface area contributed by atoms with Gasteiger partial charge in [0.25, 0.3) is 0 Å². The topological polar surface area (TPSA) is 106 Å². The molecular formula is C17H27N3O5S. The molecule has 1 aliphatic rings. The molecule has 1 aromatic rings. The van der Waals surface area contributed by atoms with Crippen LogP contribution in [0.25, 0.3) is 0 Å². The summed E-state index contributed by atoms with van der Waals surface area (Å²) in [6, 6.07) is 4.64. The number of methoxy groups -OCH3 is 2. The zero-order valence-corrected chi connectivity index (χ0v) is 16.2. The Labute approximate surface area is 154 Å². The minimum absolute atomic E-state index is 0.0248. The van der Waals surface area contributed by atoms with Crippen molar-refractivity contribution < 1.29 is 22.7 Å². The van der Waals surface area contributed by atoms with Gasteiger partial charge in [-0.15, -0.1) is 0 Å². The summed E-state index contributed by atoms with van der Waals surface area (Å²) in [5.74, 6) is 0.605. The average Bonchev–Trinajstić information content (AvgIpc) is 2.62. The van der Waals surface area contributed by atoms with Crippen molar-refractivity contribution in [2.24, 2.45) is 0 Å². The van der Waals surface area contributed by atoms with Crippen molar-refractivity contribution in [1.82, 2.24) is 15.4 Å². The Kier molecular flexibility index (Phi) is 7.24. The molecule has 3 N–H and O–H groups in total. The molecule has 2 atom stereocenters. The number of amides is 1. The van der Waals surface area contributed by atoms with Gasteiger partial charge in [0.2, 0.25) is 15.9 Å². The van der Waals surface area contributed by atoms with Crippen LogP contribution in [0.3, 0.4) is 0 Å². The zero-order chi connectivity index (χ0) is 19.2. The number of nitrogens with one attached hydrogen (secondary N) is 3. The van der Waals surface area contributed by atoms with Crippen LogP contribution in [-0.4, -0.2) is 53.7 Å². The zero-order valence-electron chi connectivity index (χ0n) is 15.4. The second-order valence-electron chi connectivity index (χ2n) is 6.22. The first-order valence-corrected chi connectivity index (χ1v) is 10.1. The lowest BCUT2D eigenvalue weighted by Crippen LogP contribution is -2.52. The summed E-state index contributed by atoms with van der Waals surface area (Å²) in [5, 5.41) is 6.27. The molecule has 0 aromatic heterocycles. The molecule has 146 valence electrons. The van der Waals surface area contributed by atoms with Crippen molar-refractivity contribution in [3.63, 3.8) is 0 Å². The van der Waals surface area contributed by atoms with Gasteiger partial charge in [0, 0.05) is 31.1 Å². The molecule has 1 heterocycles. The number of sulfonamides is 1. The van der Waals surface area contributed by atoms with E-state index in [9.17, 15) is 13.2 Å². The fraction of sp³-hybridized carbons (Fsp3) is 0.588. The van der Waals surface area contributed by atoms with Crippen molar-refractivity contribution in [3.05, 3.63) is 18.2 Å². The molecule has 1 fully saturated rings. The number of hydrogen-bond acceptors (Lipinski definition) is 6. The van der Waals surface area contributed by atoms with Crippen LogP contribution in [-0.2, 0) is 14.8 Å². The van der Waals surface area contributed by atoms with E-state index in [1.54, 1.807) is 0 Å². The van der Waals surface area contributed by atoms with Crippen molar-refractivity contribution in [2.45, 2.75) is 43.2 Å². The Morgan fingerprint density at radius 1 is 1.27 bits per heavy atom. The fourth-order valence-electron chi connectivity index (χ4n) is 2.89. The van der Waals surface area contributed by atoms with Gasteiger partial charge < -0.3 is 20.1 Å². The lowest BCUT2D eigenvalue weighted by atomic mass is 10.00. The molecule has 1 saturated heterocycles. The average molecular weight is 385 g/mol. The van der Waals surface area contributed by atoms with Crippen LogP contribution in [0, 0.1) is 0 Å². The Balaban J connectivity index is 1.88. The van der Waals surface area contributed by atoms with E-state index in [1.165, 1.54) is 32.4 Å². The normalized spacial score (nSPS) is 20.4. The molecule has 26 heavy (non-hydrogen) atoms. The second kappa shape index (κ2) is 9.20. The molecule has 1 aliphatic heterocycles. The van der Waals surface area contributed by atoms with Gasteiger partial charge in [0.1, 0.15) is 0 Å². The molecule has 1 aromatic carbocycles. The number of benzene rings is 1.